The largest absolute Gasteiger partial charge is 0.370 e. The first kappa shape index (κ1) is 24.3. The molecule has 1 aromatic carbocycles. The maximum atomic E-state index is 12.9. The quantitative estimate of drug-likeness (QED) is 0.471. The highest BCUT2D eigenvalue weighted by Gasteiger charge is 2.42. The van der Waals surface area contributed by atoms with E-state index in [4.69, 9.17) is 4.74 Å². The number of piperidine rings is 1. The summed E-state index contributed by atoms with van der Waals surface area (Å²) in [5, 5.41) is 4.78. The number of likely N-dealkylation sites (N-methyl/N-ethyl adjacent to an activating group) is 1. The Labute approximate surface area is 209 Å². The fraction of sp³-hybridized carbons (Fsp3) is 0.607. The molecule has 3 aliphatic rings. The number of quaternary nitrogens is 1. The first-order valence-electron chi connectivity index (χ1n) is 13.4. The minimum absolute atomic E-state index is 0.0538. The highest BCUT2D eigenvalue weighted by Crippen LogP contribution is 2.45. The lowest BCUT2D eigenvalue weighted by Crippen LogP contribution is -2.57. The Kier molecular flexibility index (Phi) is 6.93. The van der Waals surface area contributed by atoms with Gasteiger partial charge in [-0.25, -0.2) is 4.79 Å². The lowest BCUT2D eigenvalue weighted by atomic mass is 9.73. The molecule has 5 rings (SSSR count). The molecule has 2 aromatic rings. The summed E-state index contributed by atoms with van der Waals surface area (Å²) in [5.74, 6) is 0.402. The molecule has 190 valence electrons. The first-order chi connectivity index (χ1) is 17.0. The van der Waals surface area contributed by atoms with Crippen molar-refractivity contribution in [2.45, 2.75) is 51.2 Å². The summed E-state index contributed by atoms with van der Waals surface area (Å²) >= 11 is 0. The van der Waals surface area contributed by atoms with Crippen LogP contribution >= 0.6 is 0 Å². The Balaban J connectivity index is 1.47. The molecule has 7 nitrogen and oxygen atoms in total. The van der Waals surface area contributed by atoms with E-state index in [1.807, 2.05) is 24.8 Å². The second kappa shape index (κ2) is 9.96. The number of ether oxygens (including phenoxy) is 1. The summed E-state index contributed by atoms with van der Waals surface area (Å²) in [6.07, 6.45) is 4.05. The van der Waals surface area contributed by atoms with Crippen LogP contribution in [0.4, 0.5) is 4.79 Å². The molecule has 0 radical (unpaired) electrons. The number of aromatic amines is 1. The van der Waals surface area contributed by atoms with E-state index >= 15 is 0 Å². The Morgan fingerprint density at radius 2 is 2.09 bits per heavy atom. The van der Waals surface area contributed by atoms with Crippen LogP contribution < -0.4 is 5.32 Å². The Morgan fingerprint density at radius 1 is 1.31 bits per heavy atom. The van der Waals surface area contributed by atoms with E-state index in [0.29, 0.717) is 12.0 Å². The number of morpholine rings is 1. The molecule has 1 unspecified atom stereocenters. The van der Waals surface area contributed by atoms with Gasteiger partial charge in [0, 0.05) is 55.1 Å². The molecule has 3 atom stereocenters. The number of aromatic nitrogens is 1. The van der Waals surface area contributed by atoms with E-state index in [2.05, 4.69) is 47.0 Å². The van der Waals surface area contributed by atoms with Crippen molar-refractivity contribution >= 4 is 16.9 Å². The molecule has 1 aromatic heterocycles. The van der Waals surface area contributed by atoms with Crippen LogP contribution in [0.2, 0.25) is 0 Å². The smallest absolute Gasteiger partial charge is 0.317 e. The molecule has 2 saturated heterocycles. The van der Waals surface area contributed by atoms with Gasteiger partial charge in [0.15, 0.2) is 0 Å². The number of likely N-dealkylation sites (tertiary alicyclic amines) is 1. The topological polar surface area (TPSA) is 60.6 Å². The normalized spacial score (nSPS) is 25.7. The van der Waals surface area contributed by atoms with Crippen LogP contribution in [0, 0.1) is 0 Å². The zero-order chi connectivity index (χ0) is 24.6. The van der Waals surface area contributed by atoms with Crippen LogP contribution in [-0.2, 0) is 17.7 Å². The molecule has 0 bridgehead atoms. The molecule has 3 heterocycles. The van der Waals surface area contributed by atoms with Gasteiger partial charge in [0.2, 0.25) is 0 Å². The third-order valence-corrected chi connectivity index (χ3v) is 8.62. The van der Waals surface area contributed by atoms with E-state index in [1.165, 1.54) is 27.7 Å². The van der Waals surface area contributed by atoms with Crippen LogP contribution in [0.1, 0.15) is 43.0 Å². The highest BCUT2D eigenvalue weighted by atomic mass is 16.5. The van der Waals surface area contributed by atoms with E-state index in [1.54, 1.807) is 0 Å². The summed E-state index contributed by atoms with van der Waals surface area (Å²) in [6, 6.07) is 7.37. The number of fused-ring (bicyclic) bond motifs is 2. The molecule has 2 aliphatic heterocycles. The number of carbonyl (C=O) groups excluding carboxylic acids is 1. The van der Waals surface area contributed by atoms with E-state index in [-0.39, 0.29) is 12.1 Å². The fourth-order valence-corrected chi connectivity index (χ4v) is 6.68. The SMILES string of the molecule is C=CCN1CC(NC(=O)N(CC)CC)C[C@@H]2c3cccc4[nH]c(C[N+]5(C)CCOCC5)c(c34)C[C@H]21. The minimum atomic E-state index is 0.0538. The molecule has 0 spiro atoms. The van der Waals surface area contributed by atoms with Crippen molar-refractivity contribution in [3.8, 4) is 0 Å². The van der Waals surface area contributed by atoms with E-state index < -0.39 is 0 Å². The van der Waals surface area contributed by atoms with Crippen molar-refractivity contribution in [2.24, 2.45) is 0 Å². The summed E-state index contributed by atoms with van der Waals surface area (Å²) in [5.41, 5.74) is 5.60. The van der Waals surface area contributed by atoms with Crippen LogP contribution in [0.25, 0.3) is 10.9 Å². The zero-order valence-electron chi connectivity index (χ0n) is 21.7. The second-order valence-electron chi connectivity index (χ2n) is 10.9. The van der Waals surface area contributed by atoms with Crippen LogP contribution in [0.15, 0.2) is 30.9 Å². The van der Waals surface area contributed by atoms with Gasteiger partial charge in [0.25, 0.3) is 0 Å². The fourth-order valence-electron chi connectivity index (χ4n) is 6.68. The van der Waals surface area contributed by atoms with E-state index in [0.717, 1.165) is 76.4 Å². The second-order valence-corrected chi connectivity index (χ2v) is 10.9. The zero-order valence-corrected chi connectivity index (χ0v) is 21.7. The lowest BCUT2D eigenvalue weighted by Gasteiger charge is -2.47. The van der Waals surface area contributed by atoms with Crippen molar-refractivity contribution in [1.29, 1.82) is 0 Å². The first-order valence-corrected chi connectivity index (χ1v) is 13.4. The van der Waals surface area contributed by atoms with Gasteiger partial charge in [-0.05, 0) is 43.9 Å². The number of nitrogens with zero attached hydrogens (tertiary/aromatic N) is 3. The number of hydrogen-bond donors (Lipinski definition) is 2. The van der Waals surface area contributed by atoms with E-state index in [9.17, 15) is 4.79 Å². The van der Waals surface area contributed by atoms with Gasteiger partial charge < -0.3 is 24.4 Å². The summed E-state index contributed by atoms with van der Waals surface area (Å²) in [6.45, 7) is 16.1. The molecule has 7 heteroatoms. The third-order valence-electron chi connectivity index (χ3n) is 8.62. The maximum Gasteiger partial charge on any atom is 0.317 e. The van der Waals surface area contributed by atoms with Gasteiger partial charge in [-0.3, -0.25) is 4.90 Å². The van der Waals surface area contributed by atoms with Crippen molar-refractivity contribution in [2.75, 3.05) is 59.5 Å². The summed E-state index contributed by atoms with van der Waals surface area (Å²) < 4.78 is 6.68. The predicted molar refractivity (Wildman–Crippen MR) is 141 cm³/mol. The molecular formula is C28H42N5O2+. The average Bonchev–Trinajstić information content (AvgIpc) is 3.18. The number of amides is 2. The Hall–Kier alpha value is -2.35. The Morgan fingerprint density at radius 3 is 2.80 bits per heavy atom. The highest BCUT2D eigenvalue weighted by molar-refractivity contribution is 5.89. The predicted octanol–water partition coefficient (Wildman–Crippen LogP) is 3.46. The van der Waals surface area contributed by atoms with Crippen molar-refractivity contribution in [3.63, 3.8) is 0 Å². The van der Waals surface area contributed by atoms with Gasteiger partial charge in [-0.15, -0.1) is 6.58 Å². The molecular weight excluding hydrogens is 438 g/mol. The van der Waals surface area contributed by atoms with Crippen LogP contribution in [0.5, 0.6) is 0 Å². The average molecular weight is 481 g/mol. The molecule has 2 N–H and O–H groups in total. The standard InChI is InChI=1S/C28H41N5O2/c1-5-11-32-18-20(29-28(34)31(6-2)7-3)16-22-21-9-8-10-24-27(21)23(17-26(22)32)25(30-24)19-33(4)12-14-35-15-13-33/h5,8-10,20,22,26,30H,1,6-7,11-19H2,2-4H3/p+1/t20?,22-,26-/m1/s1. The molecule has 35 heavy (non-hydrogen) atoms. The maximum absolute atomic E-state index is 12.9. The third kappa shape index (κ3) is 4.61. The number of benzene rings is 1. The van der Waals surface area contributed by atoms with Gasteiger partial charge in [0.05, 0.1) is 26.0 Å². The summed E-state index contributed by atoms with van der Waals surface area (Å²) in [4.78, 5) is 21.1. The minimum Gasteiger partial charge on any atom is -0.370 e. The lowest BCUT2D eigenvalue weighted by molar-refractivity contribution is -0.929. The summed E-state index contributed by atoms with van der Waals surface area (Å²) in [7, 11) is 2.36. The van der Waals surface area contributed by atoms with Crippen molar-refractivity contribution < 1.29 is 14.0 Å². The van der Waals surface area contributed by atoms with Crippen LogP contribution in [0.3, 0.4) is 0 Å². The van der Waals surface area contributed by atoms with Crippen LogP contribution in [-0.4, -0.2) is 96.9 Å². The van der Waals surface area contributed by atoms with Crippen molar-refractivity contribution in [3.05, 3.63) is 47.7 Å². The number of carbonyl (C=O) groups is 1. The number of nitrogens with one attached hydrogen (secondary N) is 2. The van der Waals surface area contributed by atoms with Gasteiger partial charge in [0.1, 0.15) is 19.6 Å². The Bertz CT molecular complexity index is 1070. The van der Waals surface area contributed by atoms with Crippen molar-refractivity contribution in [1.82, 2.24) is 20.1 Å². The van der Waals surface area contributed by atoms with Gasteiger partial charge in [-0.2, -0.15) is 0 Å². The monoisotopic (exact) mass is 480 g/mol. The number of hydrogen-bond acceptors (Lipinski definition) is 3. The molecule has 0 saturated carbocycles. The number of H-pyrrole nitrogens is 1. The van der Waals surface area contributed by atoms with Gasteiger partial charge >= 0.3 is 6.03 Å². The molecule has 2 amide bonds. The number of rotatable bonds is 7. The molecule has 2 fully saturated rings. The van der Waals surface area contributed by atoms with Gasteiger partial charge in [-0.1, -0.05) is 18.2 Å². The molecule has 1 aliphatic carbocycles. The number of urea groups is 1.